The smallest absolute Gasteiger partial charge is 0.254 e. The molecule has 0 aromatic heterocycles. The monoisotopic (exact) mass is 470 g/mol. The number of benzene rings is 3. The van der Waals surface area contributed by atoms with Crippen LogP contribution in [0.1, 0.15) is 34.7 Å². The molecule has 2 unspecified atom stereocenters. The Morgan fingerprint density at radius 2 is 1.74 bits per heavy atom. The standard InChI is InChI=1S/C30H31FN2O2/c1-2-29(34)28-20-33(30(35)27-9-5-7-23-6-3-4-8-26(23)27)19-24(28)18-32-16-14-22(15-17-32)21-10-12-25(31)13-11-21/h1,3-13,22,24,28-29,34H,14-20H2/t24?,28-,29?/m1/s1. The molecule has 180 valence electrons. The van der Waals surface area contributed by atoms with Crippen molar-refractivity contribution in [3.8, 4) is 12.3 Å². The van der Waals surface area contributed by atoms with Crippen LogP contribution < -0.4 is 0 Å². The number of rotatable bonds is 5. The van der Waals surface area contributed by atoms with Crippen molar-refractivity contribution in [3.63, 3.8) is 0 Å². The maximum atomic E-state index is 13.5. The van der Waals surface area contributed by atoms with Crippen LogP contribution in [0.15, 0.2) is 66.7 Å². The fraction of sp³-hybridized carbons (Fsp3) is 0.367. The molecule has 35 heavy (non-hydrogen) atoms. The minimum Gasteiger partial charge on any atom is -0.380 e. The zero-order valence-corrected chi connectivity index (χ0v) is 19.8. The summed E-state index contributed by atoms with van der Waals surface area (Å²) in [6.07, 6.45) is 6.76. The summed E-state index contributed by atoms with van der Waals surface area (Å²) >= 11 is 0. The van der Waals surface area contributed by atoms with Crippen LogP contribution in [0.25, 0.3) is 10.8 Å². The van der Waals surface area contributed by atoms with Gasteiger partial charge in [-0.3, -0.25) is 4.79 Å². The molecular weight excluding hydrogens is 439 g/mol. The van der Waals surface area contributed by atoms with E-state index < -0.39 is 6.10 Å². The molecule has 1 amide bonds. The second kappa shape index (κ2) is 10.2. The van der Waals surface area contributed by atoms with Gasteiger partial charge in [-0.15, -0.1) is 6.42 Å². The molecule has 0 radical (unpaired) electrons. The Morgan fingerprint density at radius 3 is 2.49 bits per heavy atom. The number of hydrogen-bond donors (Lipinski definition) is 1. The van der Waals surface area contributed by atoms with Gasteiger partial charge in [0.1, 0.15) is 11.9 Å². The molecule has 1 N–H and O–H groups in total. The predicted molar refractivity (Wildman–Crippen MR) is 136 cm³/mol. The molecule has 0 aliphatic carbocycles. The summed E-state index contributed by atoms with van der Waals surface area (Å²) in [5, 5.41) is 12.6. The average molecular weight is 471 g/mol. The van der Waals surface area contributed by atoms with Gasteiger partial charge >= 0.3 is 0 Å². The number of aliphatic hydroxyl groups excluding tert-OH is 1. The second-order valence-electron chi connectivity index (χ2n) is 9.90. The van der Waals surface area contributed by atoms with Crippen molar-refractivity contribution < 1.29 is 14.3 Å². The van der Waals surface area contributed by atoms with Gasteiger partial charge in [-0.2, -0.15) is 0 Å². The van der Waals surface area contributed by atoms with E-state index >= 15 is 0 Å². The molecule has 2 saturated heterocycles. The fourth-order valence-electron chi connectivity index (χ4n) is 5.83. The summed E-state index contributed by atoms with van der Waals surface area (Å²) in [4.78, 5) is 17.8. The summed E-state index contributed by atoms with van der Waals surface area (Å²) in [6, 6.07) is 20.6. The third-order valence-electron chi connectivity index (χ3n) is 7.80. The minimum absolute atomic E-state index is 0.00598. The van der Waals surface area contributed by atoms with Crippen molar-refractivity contribution in [1.29, 1.82) is 0 Å². The van der Waals surface area contributed by atoms with E-state index in [2.05, 4.69) is 10.8 Å². The van der Waals surface area contributed by atoms with Gasteiger partial charge in [0.25, 0.3) is 5.91 Å². The van der Waals surface area contributed by atoms with Crippen molar-refractivity contribution in [2.75, 3.05) is 32.7 Å². The highest BCUT2D eigenvalue weighted by molar-refractivity contribution is 6.07. The first-order chi connectivity index (χ1) is 17.0. The summed E-state index contributed by atoms with van der Waals surface area (Å²) in [6.45, 7) is 3.73. The van der Waals surface area contributed by atoms with E-state index in [0.717, 1.165) is 43.2 Å². The number of carbonyl (C=O) groups excluding carboxylic acids is 1. The number of likely N-dealkylation sites (tertiary alicyclic amines) is 2. The molecule has 5 rings (SSSR count). The van der Waals surface area contributed by atoms with Gasteiger partial charge in [0.2, 0.25) is 0 Å². The van der Waals surface area contributed by atoms with Crippen molar-refractivity contribution in [2.45, 2.75) is 24.9 Å². The zero-order valence-electron chi connectivity index (χ0n) is 19.8. The Labute approximate surface area is 206 Å². The molecule has 2 aliphatic rings. The first kappa shape index (κ1) is 23.5. The summed E-state index contributed by atoms with van der Waals surface area (Å²) in [5.41, 5.74) is 1.89. The van der Waals surface area contributed by atoms with E-state index in [4.69, 9.17) is 6.42 Å². The lowest BCUT2D eigenvalue weighted by Gasteiger charge is -2.35. The summed E-state index contributed by atoms with van der Waals surface area (Å²) in [5.74, 6) is 2.70. The summed E-state index contributed by atoms with van der Waals surface area (Å²) in [7, 11) is 0. The Bertz CT molecular complexity index is 1220. The molecule has 0 spiro atoms. The number of nitrogens with zero attached hydrogens (tertiary/aromatic N) is 2. The van der Waals surface area contributed by atoms with E-state index in [0.29, 0.717) is 24.6 Å². The first-order valence-corrected chi connectivity index (χ1v) is 12.4. The lowest BCUT2D eigenvalue weighted by molar-refractivity contribution is 0.0775. The first-order valence-electron chi connectivity index (χ1n) is 12.4. The average Bonchev–Trinajstić information content (AvgIpc) is 3.32. The number of amides is 1. The molecule has 3 aromatic carbocycles. The minimum atomic E-state index is -0.873. The van der Waals surface area contributed by atoms with Crippen LogP contribution in [0, 0.1) is 30.0 Å². The largest absolute Gasteiger partial charge is 0.380 e. The Hall–Kier alpha value is -3.20. The van der Waals surface area contributed by atoms with E-state index in [1.807, 2.05) is 59.5 Å². The van der Waals surface area contributed by atoms with Crippen molar-refractivity contribution >= 4 is 16.7 Å². The Kier molecular flexibility index (Phi) is 6.86. The van der Waals surface area contributed by atoms with Crippen LogP contribution in [0.5, 0.6) is 0 Å². The summed E-state index contributed by atoms with van der Waals surface area (Å²) < 4.78 is 13.3. The van der Waals surface area contributed by atoms with Gasteiger partial charge in [-0.05, 0) is 72.3 Å². The normalized spacial score (nSPS) is 22.3. The van der Waals surface area contributed by atoms with Gasteiger partial charge in [0, 0.05) is 31.1 Å². The molecule has 4 nitrogen and oxygen atoms in total. The maximum absolute atomic E-state index is 13.5. The van der Waals surface area contributed by atoms with Gasteiger partial charge in [0.05, 0.1) is 0 Å². The van der Waals surface area contributed by atoms with Crippen molar-refractivity contribution in [2.24, 2.45) is 11.8 Å². The highest BCUT2D eigenvalue weighted by Crippen LogP contribution is 2.33. The van der Waals surface area contributed by atoms with Crippen molar-refractivity contribution in [3.05, 3.63) is 83.7 Å². The van der Waals surface area contributed by atoms with Crippen LogP contribution in [0.2, 0.25) is 0 Å². The van der Waals surface area contributed by atoms with Crippen LogP contribution in [-0.2, 0) is 0 Å². The lowest BCUT2D eigenvalue weighted by Crippen LogP contribution is -2.40. The molecule has 3 atom stereocenters. The second-order valence-corrected chi connectivity index (χ2v) is 9.90. The fourth-order valence-corrected chi connectivity index (χ4v) is 5.83. The van der Waals surface area contributed by atoms with Crippen LogP contribution in [0.4, 0.5) is 4.39 Å². The molecule has 2 aliphatic heterocycles. The number of hydrogen-bond acceptors (Lipinski definition) is 3. The number of terminal acetylenes is 1. The van der Waals surface area contributed by atoms with Crippen LogP contribution in [0.3, 0.4) is 0 Å². The number of aliphatic hydroxyl groups is 1. The molecule has 5 heteroatoms. The number of fused-ring (bicyclic) bond motifs is 1. The highest BCUT2D eigenvalue weighted by Gasteiger charge is 2.40. The maximum Gasteiger partial charge on any atom is 0.254 e. The van der Waals surface area contributed by atoms with Gasteiger partial charge in [-0.1, -0.05) is 54.5 Å². The lowest BCUT2D eigenvalue weighted by atomic mass is 9.87. The van der Waals surface area contributed by atoms with Gasteiger partial charge in [-0.25, -0.2) is 4.39 Å². The number of piperidine rings is 1. The predicted octanol–water partition coefficient (Wildman–Crippen LogP) is 4.54. The zero-order chi connectivity index (χ0) is 24.4. The van der Waals surface area contributed by atoms with E-state index in [-0.39, 0.29) is 23.6 Å². The SMILES string of the molecule is C#CC(O)[C@@H]1CN(C(=O)c2cccc3ccccc23)CC1CN1CCC(c2ccc(F)cc2)CC1. The molecule has 2 fully saturated rings. The topological polar surface area (TPSA) is 43.8 Å². The van der Waals surface area contributed by atoms with E-state index in [1.165, 1.54) is 17.7 Å². The van der Waals surface area contributed by atoms with Gasteiger partial charge < -0.3 is 14.9 Å². The number of carbonyl (C=O) groups is 1. The van der Waals surface area contributed by atoms with Crippen LogP contribution >= 0.6 is 0 Å². The Balaban J connectivity index is 1.27. The third-order valence-corrected chi connectivity index (χ3v) is 7.80. The van der Waals surface area contributed by atoms with E-state index in [1.54, 1.807) is 0 Å². The highest BCUT2D eigenvalue weighted by atomic mass is 19.1. The van der Waals surface area contributed by atoms with Crippen LogP contribution in [-0.4, -0.2) is 59.6 Å². The Morgan fingerprint density at radius 1 is 1.03 bits per heavy atom. The van der Waals surface area contributed by atoms with Crippen molar-refractivity contribution in [1.82, 2.24) is 9.80 Å². The quantitative estimate of drug-likeness (QED) is 0.557. The number of halogens is 1. The van der Waals surface area contributed by atoms with E-state index in [9.17, 15) is 14.3 Å². The molecule has 2 heterocycles. The molecular formula is C30H31FN2O2. The van der Waals surface area contributed by atoms with Gasteiger partial charge in [0.15, 0.2) is 0 Å². The molecule has 0 bridgehead atoms. The molecule has 0 saturated carbocycles. The third kappa shape index (κ3) is 4.96. The molecule has 3 aromatic rings.